The maximum atomic E-state index is 12.9. The summed E-state index contributed by atoms with van der Waals surface area (Å²) in [5, 5.41) is 0. The summed E-state index contributed by atoms with van der Waals surface area (Å²) in [6.07, 6.45) is 0. The van der Waals surface area contributed by atoms with Crippen LogP contribution in [0.2, 0.25) is 0 Å². The van der Waals surface area contributed by atoms with E-state index in [1.807, 2.05) is 51.1 Å². The van der Waals surface area contributed by atoms with Crippen LogP contribution in [0, 0.1) is 6.92 Å². The van der Waals surface area contributed by atoms with Crippen LogP contribution in [0.1, 0.15) is 19.4 Å². The van der Waals surface area contributed by atoms with Crippen LogP contribution < -0.4 is 4.31 Å². The van der Waals surface area contributed by atoms with Gasteiger partial charge in [-0.1, -0.05) is 34.1 Å². The number of rotatable bonds is 4. The molecule has 0 atom stereocenters. The van der Waals surface area contributed by atoms with E-state index in [2.05, 4.69) is 15.9 Å². The molecule has 0 spiro atoms. The molecule has 0 aromatic heterocycles. The van der Waals surface area contributed by atoms with Crippen molar-refractivity contribution in [3.8, 4) is 0 Å². The van der Waals surface area contributed by atoms with E-state index >= 15 is 0 Å². The third-order valence-electron chi connectivity index (χ3n) is 3.17. The predicted octanol–water partition coefficient (Wildman–Crippen LogP) is 4.36. The van der Waals surface area contributed by atoms with Crippen LogP contribution in [0.5, 0.6) is 0 Å². The average molecular weight is 368 g/mol. The van der Waals surface area contributed by atoms with Crippen molar-refractivity contribution in [3.05, 3.63) is 58.6 Å². The Labute approximate surface area is 134 Å². The van der Waals surface area contributed by atoms with Gasteiger partial charge in [-0.25, -0.2) is 8.42 Å². The van der Waals surface area contributed by atoms with Crippen LogP contribution in [-0.2, 0) is 10.0 Å². The number of aryl methyl sites for hydroxylation is 1. The molecular formula is C16H18BrNO2S. The van der Waals surface area contributed by atoms with Gasteiger partial charge in [-0.15, -0.1) is 0 Å². The summed E-state index contributed by atoms with van der Waals surface area (Å²) in [5.74, 6) is 0. The summed E-state index contributed by atoms with van der Waals surface area (Å²) in [4.78, 5) is 0.306. The molecule has 0 aliphatic heterocycles. The molecule has 0 unspecified atom stereocenters. The third-order valence-corrected chi connectivity index (χ3v) is 6.06. The maximum absolute atomic E-state index is 12.9. The van der Waals surface area contributed by atoms with Gasteiger partial charge in [-0.2, -0.15) is 0 Å². The zero-order valence-corrected chi connectivity index (χ0v) is 14.6. The molecule has 0 saturated heterocycles. The number of para-hydroxylation sites is 1. The second-order valence-electron chi connectivity index (χ2n) is 5.14. The molecule has 2 aromatic rings. The minimum Gasteiger partial charge on any atom is -0.264 e. The maximum Gasteiger partial charge on any atom is 0.264 e. The SMILES string of the molecule is Cc1cc(S(=O)(=O)N(c2ccccc2)C(C)C)ccc1Br. The first kappa shape index (κ1) is 16.0. The highest BCUT2D eigenvalue weighted by molar-refractivity contribution is 9.10. The number of benzene rings is 2. The third kappa shape index (κ3) is 3.30. The Hall–Kier alpha value is -1.33. The quantitative estimate of drug-likeness (QED) is 0.804. The molecule has 2 rings (SSSR count). The molecule has 0 amide bonds. The van der Waals surface area contributed by atoms with E-state index < -0.39 is 10.0 Å². The second kappa shape index (κ2) is 6.20. The molecular weight excluding hydrogens is 350 g/mol. The summed E-state index contributed by atoms with van der Waals surface area (Å²) in [6.45, 7) is 5.62. The summed E-state index contributed by atoms with van der Waals surface area (Å²) in [7, 11) is -3.58. The minimum absolute atomic E-state index is 0.165. The lowest BCUT2D eigenvalue weighted by Gasteiger charge is -2.28. The highest BCUT2D eigenvalue weighted by Gasteiger charge is 2.27. The monoisotopic (exact) mass is 367 g/mol. The number of nitrogens with zero attached hydrogens (tertiary/aromatic N) is 1. The fourth-order valence-corrected chi connectivity index (χ4v) is 4.17. The highest BCUT2D eigenvalue weighted by atomic mass is 79.9. The number of hydrogen-bond acceptors (Lipinski definition) is 2. The number of sulfonamides is 1. The van der Waals surface area contributed by atoms with Gasteiger partial charge in [0, 0.05) is 10.5 Å². The van der Waals surface area contributed by atoms with Crippen LogP contribution >= 0.6 is 15.9 Å². The second-order valence-corrected chi connectivity index (χ2v) is 7.81. The number of hydrogen-bond donors (Lipinski definition) is 0. The van der Waals surface area contributed by atoms with Crippen LogP contribution in [-0.4, -0.2) is 14.5 Å². The summed E-state index contributed by atoms with van der Waals surface area (Å²) < 4.78 is 28.3. The molecule has 0 aliphatic carbocycles. The topological polar surface area (TPSA) is 37.4 Å². The molecule has 0 radical (unpaired) electrons. The first-order valence-electron chi connectivity index (χ1n) is 6.69. The Bertz CT molecular complexity index is 727. The van der Waals surface area contributed by atoms with Gasteiger partial charge < -0.3 is 0 Å². The zero-order chi connectivity index (χ0) is 15.6. The fraction of sp³-hybridized carbons (Fsp3) is 0.250. The Morgan fingerprint density at radius 1 is 1.05 bits per heavy atom. The Kier molecular flexibility index (Phi) is 4.74. The van der Waals surface area contributed by atoms with Crippen molar-refractivity contribution in [2.24, 2.45) is 0 Å². The fourth-order valence-electron chi connectivity index (χ4n) is 2.18. The van der Waals surface area contributed by atoms with Gasteiger partial charge in [0.25, 0.3) is 10.0 Å². The molecule has 0 heterocycles. The molecule has 0 aliphatic rings. The number of halogens is 1. The molecule has 0 fully saturated rings. The average Bonchev–Trinajstić information content (AvgIpc) is 2.42. The van der Waals surface area contributed by atoms with Gasteiger partial charge in [0.1, 0.15) is 0 Å². The van der Waals surface area contributed by atoms with E-state index in [0.29, 0.717) is 10.6 Å². The lowest BCUT2D eigenvalue weighted by molar-refractivity contribution is 0.584. The Balaban J connectivity index is 2.56. The van der Waals surface area contributed by atoms with Crippen LogP contribution in [0.25, 0.3) is 0 Å². The highest BCUT2D eigenvalue weighted by Crippen LogP contribution is 2.28. The summed E-state index contributed by atoms with van der Waals surface area (Å²) in [5.41, 5.74) is 1.57. The van der Waals surface area contributed by atoms with Gasteiger partial charge in [0.15, 0.2) is 0 Å². The van der Waals surface area contributed by atoms with E-state index in [1.54, 1.807) is 18.2 Å². The van der Waals surface area contributed by atoms with Crippen LogP contribution in [0.15, 0.2) is 57.9 Å². The van der Waals surface area contributed by atoms with Crippen molar-refractivity contribution >= 4 is 31.6 Å². The first-order valence-corrected chi connectivity index (χ1v) is 8.93. The van der Waals surface area contributed by atoms with Gasteiger partial charge in [0.2, 0.25) is 0 Å². The van der Waals surface area contributed by atoms with E-state index in [4.69, 9.17) is 0 Å². The number of anilines is 1. The van der Waals surface area contributed by atoms with Crippen molar-refractivity contribution in [3.63, 3.8) is 0 Å². The van der Waals surface area contributed by atoms with Crippen molar-refractivity contribution < 1.29 is 8.42 Å². The first-order chi connectivity index (χ1) is 9.84. The molecule has 0 N–H and O–H groups in total. The van der Waals surface area contributed by atoms with Crippen LogP contribution in [0.4, 0.5) is 5.69 Å². The van der Waals surface area contributed by atoms with Gasteiger partial charge in [-0.05, 0) is 56.7 Å². The lowest BCUT2D eigenvalue weighted by Crippen LogP contribution is -2.37. The van der Waals surface area contributed by atoms with Crippen LogP contribution in [0.3, 0.4) is 0 Å². The van der Waals surface area contributed by atoms with Crippen molar-refractivity contribution in [2.75, 3.05) is 4.31 Å². The molecule has 21 heavy (non-hydrogen) atoms. The van der Waals surface area contributed by atoms with E-state index in [0.717, 1.165) is 10.0 Å². The Morgan fingerprint density at radius 2 is 1.67 bits per heavy atom. The van der Waals surface area contributed by atoms with E-state index in [1.165, 1.54) is 4.31 Å². The summed E-state index contributed by atoms with van der Waals surface area (Å²) in [6, 6.07) is 14.1. The lowest BCUT2D eigenvalue weighted by atomic mass is 10.2. The molecule has 3 nitrogen and oxygen atoms in total. The molecule has 5 heteroatoms. The van der Waals surface area contributed by atoms with Crippen molar-refractivity contribution in [1.29, 1.82) is 0 Å². The molecule has 0 saturated carbocycles. The molecule has 0 bridgehead atoms. The standard InChI is InChI=1S/C16H18BrNO2S/c1-12(2)18(14-7-5-4-6-8-14)21(19,20)15-9-10-16(17)13(3)11-15/h4-12H,1-3H3. The predicted molar refractivity (Wildman–Crippen MR) is 90.1 cm³/mol. The normalized spacial score (nSPS) is 11.7. The Morgan fingerprint density at radius 3 is 2.19 bits per heavy atom. The van der Waals surface area contributed by atoms with Gasteiger partial charge in [-0.3, -0.25) is 4.31 Å². The van der Waals surface area contributed by atoms with Gasteiger partial charge in [0.05, 0.1) is 10.6 Å². The largest absolute Gasteiger partial charge is 0.264 e. The smallest absolute Gasteiger partial charge is 0.264 e. The summed E-state index contributed by atoms with van der Waals surface area (Å²) >= 11 is 3.40. The van der Waals surface area contributed by atoms with E-state index in [9.17, 15) is 8.42 Å². The molecule has 2 aromatic carbocycles. The minimum atomic E-state index is -3.58. The van der Waals surface area contributed by atoms with Crippen molar-refractivity contribution in [1.82, 2.24) is 0 Å². The van der Waals surface area contributed by atoms with Crippen molar-refractivity contribution in [2.45, 2.75) is 31.7 Å². The van der Waals surface area contributed by atoms with Gasteiger partial charge >= 0.3 is 0 Å². The van der Waals surface area contributed by atoms with E-state index in [-0.39, 0.29) is 6.04 Å². The molecule has 112 valence electrons. The zero-order valence-electron chi connectivity index (χ0n) is 12.2.